The predicted molar refractivity (Wildman–Crippen MR) is 141 cm³/mol. The van der Waals surface area contributed by atoms with Gasteiger partial charge in [0, 0.05) is 33.3 Å². The van der Waals surface area contributed by atoms with Gasteiger partial charge in [-0.25, -0.2) is 14.5 Å². The molecule has 2 aliphatic rings. The van der Waals surface area contributed by atoms with Crippen LogP contribution in [0.1, 0.15) is 18.9 Å². The molecule has 5 rings (SSSR count). The van der Waals surface area contributed by atoms with Crippen molar-refractivity contribution >= 4 is 23.4 Å². The molecular formula is C27H28ClF3N4O6. The van der Waals surface area contributed by atoms with E-state index in [2.05, 4.69) is 15.4 Å². The molecule has 2 fully saturated rings. The Labute approximate surface area is 238 Å². The lowest BCUT2D eigenvalue weighted by Gasteiger charge is -2.44. The van der Waals surface area contributed by atoms with Crippen molar-refractivity contribution in [2.45, 2.75) is 55.6 Å². The van der Waals surface area contributed by atoms with Gasteiger partial charge in [0.25, 0.3) is 0 Å². The maximum Gasteiger partial charge on any atom is 0.416 e. The molecule has 1 unspecified atom stereocenters. The van der Waals surface area contributed by atoms with E-state index in [1.165, 1.54) is 23.1 Å². The van der Waals surface area contributed by atoms with E-state index in [4.69, 9.17) is 35.3 Å². The number of hydrogen-bond acceptors (Lipinski definition) is 8. The van der Waals surface area contributed by atoms with Crippen molar-refractivity contribution in [2.24, 2.45) is 0 Å². The van der Waals surface area contributed by atoms with Gasteiger partial charge in [0.15, 0.2) is 5.82 Å². The first-order valence-electron chi connectivity index (χ1n) is 12.6. The number of benzene rings is 2. The summed E-state index contributed by atoms with van der Waals surface area (Å²) >= 11 is 6.42. The van der Waals surface area contributed by atoms with Crippen molar-refractivity contribution < 1.29 is 41.7 Å². The third kappa shape index (κ3) is 5.64. The number of nitrogens with one attached hydrogen (secondary N) is 1. The Morgan fingerprint density at radius 2 is 1.80 bits per heavy atom. The number of methoxy groups -OCH3 is 3. The van der Waals surface area contributed by atoms with E-state index in [9.17, 15) is 18.0 Å². The maximum atomic E-state index is 12.8. The molecule has 10 nitrogen and oxygen atoms in total. The number of carbonyl (C=O) groups is 1. The maximum absolute atomic E-state index is 12.8. The van der Waals surface area contributed by atoms with Gasteiger partial charge < -0.3 is 23.7 Å². The number of halogens is 4. The van der Waals surface area contributed by atoms with Crippen molar-refractivity contribution in [3.63, 3.8) is 0 Å². The Morgan fingerprint density at radius 3 is 2.41 bits per heavy atom. The quantitative estimate of drug-likeness (QED) is 0.400. The predicted octanol–water partition coefficient (Wildman–Crippen LogP) is 5.13. The molecule has 1 saturated carbocycles. The lowest BCUT2D eigenvalue weighted by atomic mass is 9.93. The highest BCUT2D eigenvalue weighted by atomic mass is 35.5. The summed E-state index contributed by atoms with van der Waals surface area (Å²) in [5.41, 5.74) is -0.375. The minimum Gasteiger partial charge on any atom is -0.443 e. The van der Waals surface area contributed by atoms with Crippen LogP contribution in [0.3, 0.4) is 0 Å². The molecule has 1 aliphatic carbocycles. The molecule has 2 heterocycles. The standard InChI is InChI=1S/C27H28ClF3N4O6/c1-14-21(37-2)22(38-3)23(39-4)26(41-14)12-20(26)40-25(36)33-19-10-9-17(11-18(19)28)35-13-32-24(34-35)15-5-7-16(8-6-15)27(29,30)31/h5-11,13-14,20-23H,12H2,1-4H3,(H,33,36)/t14-,20-,21?,22+,23+,26+/m0/s1. The molecule has 1 N–H and O–H groups in total. The highest BCUT2D eigenvalue weighted by Gasteiger charge is 2.70. The fourth-order valence-corrected chi connectivity index (χ4v) is 5.48. The Bertz CT molecular complexity index is 1400. The van der Waals surface area contributed by atoms with Crippen molar-refractivity contribution in [1.29, 1.82) is 0 Å². The Morgan fingerprint density at radius 1 is 1.10 bits per heavy atom. The van der Waals surface area contributed by atoms with E-state index in [1.54, 1.807) is 39.5 Å². The van der Waals surface area contributed by atoms with Gasteiger partial charge in [-0.2, -0.15) is 13.2 Å². The third-order valence-electron chi connectivity index (χ3n) is 7.32. The van der Waals surface area contributed by atoms with Gasteiger partial charge in [-0.05, 0) is 37.3 Å². The zero-order valence-corrected chi connectivity index (χ0v) is 23.3. The normalized spacial score (nSPS) is 27.6. The second kappa shape index (κ2) is 11.2. The summed E-state index contributed by atoms with van der Waals surface area (Å²) < 4.78 is 68.7. The van der Waals surface area contributed by atoms with Crippen LogP contribution in [-0.2, 0) is 29.9 Å². The molecule has 6 atom stereocenters. The Kier molecular flexibility index (Phi) is 8.01. The molecule has 14 heteroatoms. The van der Waals surface area contributed by atoms with Crippen LogP contribution in [0.2, 0.25) is 5.02 Å². The number of alkyl halides is 3. The van der Waals surface area contributed by atoms with Crippen molar-refractivity contribution in [3.05, 3.63) is 59.4 Å². The van der Waals surface area contributed by atoms with E-state index in [1.807, 2.05) is 6.92 Å². The number of nitrogens with zero attached hydrogens (tertiary/aromatic N) is 3. The average Bonchev–Trinajstić information content (AvgIpc) is 3.35. The number of rotatable bonds is 7. The van der Waals surface area contributed by atoms with Gasteiger partial charge in [-0.3, -0.25) is 5.32 Å². The van der Waals surface area contributed by atoms with E-state index < -0.39 is 41.7 Å². The molecule has 41 heavy (non-hydrogen) atoms. The number of amides is 1. The summed E-state index contributed by atoms with van der Waals surface area (Å²) in [5, 5.41) is 7.17. The molecule has 220 valence electrons. The lowest BCUT2D eigenvalue weighted by Crippen LogP contribution is -2.61. The van der Waals surface area contributed by atoms with Crippen molar-refractivity contribution in [2.75, 3.05) is 26.6 Å². The smallest absolute Gasteiger partial charge is 0.416 e. The van der Waals surface area contributed by atoms with E-state index in [-0.39, 0.29) is 23.1 Å². The molecule has 1 spiro atoms. The summed E-state index contributed by atoms with van der Waals surface area (Å²) in [6.45, 7) is 1.87. The van der Waals surface area contributed by atoms with Gasteiger partial charge in [-0.15, -0.1) is 5.10 Å². The lowest BCUT2D eigenvalue weighted by molar-refractivity contribution is -0.255. The van der Waals surface area contributed by atoms with Gasteiger partial charge in [0.1, 0.15) is 36.3 Å². The summed E-state index contributed by atoms with van der Waals surface area (Å²) in [6, 6.07) is 9.32. The van der Waals surface area contributed by atoms with Gasteiger partial charge in [0.2, 0.25) is 0 Å². The highest BCUT2D eigenvalue weighted by molar-refractivity contribution is 6.33. The largest absolute Gasteiger partial charge is 0.443 e. The molecule has 1 amide bonds. The second-order valence-electron chi connectivity index (χ2n) is 9.81. The van der Waals surface area contributed by atoms with Crippen LogP contribution in [0.5, 0.6) is 0 Å². The minimum atomic E-state index is -4.43. The number of aromatic nitrogens is 3. The first-order chi connectivity index (χ1) is 19.5. The molecule has 1 aliphatic heterocycles. The summed E-state index contributed by atoms with van der Waals surface area (Å²) in [7, 11) is 4.69. The molecule has 1 saturated heterocycles. The van der Waals surface area contributed by atoms with Gasteiger partial charge >= 0.3 is 12.3 Å². The topological polar surface area (TPSA) is 106 Å². The number of carbonyl (C=O) groups excluding carboxylic acids is 1. The van der Waals surface area contributed by atoms with Crippen LogP contribution in [0, 0.1) is 0 Å². The second-order valence-corrected chi connectivity index (χ2v) is 10.2. The Hall–Kier alpha value is -3.23. The number of hydrogen-bond donors (Lipinski definition) is 1. The average molecular weight is 597 g/mol. The van der Waals surface area contributed by atoms with Crippen molar-refractivity contribution in [3.8, 4) is 17.1 Å². The van der Waals surface area contributed by atoms with E-state index in [0.29, 0.717) is 23.4 Å². The van der Waals surface area contributed by atoms with E-state index in [0.717, 1.165) is 12.1 Å². The molecule has 2 aromatic carbocycles. The van der Waals surface area contributed by atoms with Crippen LogP contribution in [0.4, 0.5) is 23.7 Å². The molecule has 0 radical (unpaired) electrons. The highest BCUT2D eigenvalue weighted by Crippen LogP contribution is 2.52. The number of anilines is 1. The minimum absolute atomic E-state index is 0.205. The monoisotopic (exact) mass is 596 g/mol. The zero-order valence-electron chi connectivity index (χ0n) is 22.5. The summed E-state index contributed by atoms with van der Waals surface area (Å²) in [5.74, 6) is 0.236. The fourth-order valence-electron chi connectivity index (χ4n) is 5.25. The SMILES string of the molecule is COC1[C@H](C)O[C@@]2(C[C@@H]2OC(=O)Nc2ccc(-n3cnc(-c4ccc(C(F)(F)F)cc4)n3)cc2Cl)[C@H](OC)[C@@H]1OC. The molecule has 1 aromatic heterocycles. The van der Waals surface area contributed by atoms with Crippen LogP contribution in [0.15, 0.2) is 48.8 Å². The van der Waals surface area contributed by atoms with Crippen LogP contribution in [-0.4, -0.2) is 78.3 Å². The summed E-state index contributed by atoms with van der Waals surface area (Å²) in [4.78, 5) is 16.9. The van der Waals surface area contributed by atoms with Crippen LogP contribution >= 0.6 is 11.6 Å². The molecular weight excluding hydrogens is 569 g/mol. The molecule has 3 aromatic rings. The van der Waals surface area contributed by atoms with Crippen LogP contribution < -0.4 is 5.32 Å². The first-order valence-corrected chi connectivity index (χ1v) is 13.0. The van der Waals surface area contributed by atoms with Gasteiger partial charge in [0.05, 0.1) is 28.1 Å². The fraction of sp³-hybridized carbons (Fsp3) is 0.444. The molecule has 0 bridgehead atoms. The van der Waals surface area contributed by atoms with Crippen molar-refractivity contribution in [1.82, 2.24) is 14.8 Å². The zero-order chi connectivity index (χ0) is 29.5. The first kappa shape index (κ1) is 29.3. The van der Waals surface area contributed by atoms with Gasteiger partial charge in [-0.1, -0.05) is 23.7 Å². The summed E-state index contributed by atoms with van der Waals surface area (Å²) in [6.07, 6.45) is -5.47. The van der Waals surface area contributed by atoms with Crippen LogP contribution in [0.25, 0.3) is 17.1 Å². The Balaban J connectivity index is 1.23. The van der Waals surface area contributed by atoms with E-state index >= 15 is 0 Å². The number of ether oxygens (including phenoxy) is 5. The third-order valence-corrected chi connectivity index (χ3v) is 7.64.